The summed E-state index contributed by atoms with van der Waals surface area (Å²) in [7, 11) is 1.23. The normalized spacial score (nSPS) is 22.3. The fourth-order valence-electron chi connectivity index (χ4n) is 5.11. The van der Waals surface area contributed by atoms with Gasteiger partial charge in [-0.1, -0.05) is 30.3 Å². The van der Waals surface area contributed by atoms with Gasteiger partial charge in [-0.3, -0.25) is 9.36 Å². The molecule has 0 amide bonds. The standard InChI is InChI=1S/C27H28F6N4O4/c1-17(18-10-20(26(28,29)30)12-21(11-18)27(31,32)33)41-15-25(19-6-4-3-5-7-19)9-8-24(14-34-25,13-22(38)40-2)37-16-35-36-23(37)39/h3-7,10-12,16-17,34H,8-9,13-15H2,1-2H3,(H,36,39)/t17-,24?,25-/m1/s1. The number of nitrogens with zero attached hydrogens (tertiary/aromatic N) is 2. The molecule has 1 saturated heterocycles. The number of hydrogen-bond acceptors (Lipinski definition) is 6. The average molecular weight is 587 g/mol. The first-order valence-corrected chi connectivity index (χ1v) is 12.6. The topological polar surface area (TPSA) is 98.2 Å². The number of aromatic amines is 1. The minimum Gasteiger partial charge on any atom is -0.469 e. The van der Waals surface area contributed by atoms with Crippen molar-refractivity contribution in [3.05, 3.63) is 87.6 Å². The monoisotopic (exact) mass is 586 g/mol. The maximum atomic E-state index is 13.4. The number of aromatic nitrogens is 3. The van der Waals surface area contributed by atoms with Crippen LogP contribution in [-0.2, 0) is 37.7 Å². The predicted molar refractivity (Wildman–Crippen MR) is 134 cm³/mol. The molecule has 0 bridgehead atoms. The number of benzene rings is 2. The summed E-state index contributed by atoms with van der Waals surface area (Å²) in [5.41, 5.74) is -4.91. The van der Waals surface area contributed by atoms with Crippen LogP contribution in [0.1, 0.15) is 54.5 Å². The second-order valence-corrected chi connectivity index (χ2v) is 10.1. The van der Waals surface area contributed by atoms with E-state index in [2.05, 4.69) is 15.5 Å². The quantitative estimate of drug-likeness (QED) is 0.287. The molecule has 0 spiro atoms. The van der Waals surface area contributed by atoms with Crippen LogP contribution >= 0.6 is 0 Å². The van der Waals surface area contributed by atoms with E-state index in [1.807, 2.05) is 12.1 Å². The Balaban J connectivity index is 1.64. The van der Waals surface area contributed by atoms with Crippen molar-refractivity contribution >= 4 is 5.97 Å². The van der Waals surface area contributed by atoms with E-state index in [1.165, 1.54) is 24.9 Å². The molecule has 1 aromatic heterocycles. The predicted octanol–water partition coefficient (Wildman–Crippen LogP) is 4.92. The number of H-pyrrole nitrogens is 1. The number of alkyl halides is 6. The summed E-state index contributed by atoms with van der Waals surface area (Å²) in [6.07, 6.45) is -9.42. The lowest BCUT2D eigenvalue weighted by Crippen LogP contribution is -2.60. The van der Waals surface area contributed by atoms with E-state index >= 15 is 0 Å². The number of hydrogen-bond donors (Lipinski definition) is 2. The number of carbonyl (C=O) groups is 1. The van der Waals surface area contributed by atoms with Crippen LogP contribution in [0.5, 0.6) is 0 Å². The van der Waals surface area contributed by atoms with E-state index in [9.17, 15) is 35.9 Å². The summed E-state index contributed by atoms with van der Waals surface area (Å²) in [4.78, 5) is 24.8. The molecule has 4 rings (SSSR count). The van der Waals surface area contributed by atoms with Crippen molar-refractivity contribution in [2.75, 3.05) is 20.3 Å². The van der Waals surface area contributed by atoms with E-state index in [1.54, 1.807) is 18.2 Å². The molecule has 3 aromatic rings. The molecule has 1 fully saturated rings. The van der Waals surface area contributed by atoms with Crippen molar-refractivity contribution in [2.24, 2.45) is 0 Å². The molecule has 0 radical (unpaired) electrons. The molecule has 2 heterocycles. The highest BCUT2D eigenvalue weighted by molar-refractivity contribution is 5.70. The van der Waals surface area contributed by atoms with Crippen molar-refractivity contribution in [2.45, 2.75) is 55.7 Å². The van der Waals surface area contributed by atoms with E-state index in [0.29, 0.717) is 12.1 Å². The number of methoxy groups -OCH3 is 1. The maximum Gasteiger partial charge on any atom is 0.416 e. The van der Waals surface area contributed by atoms with Gasteiger partial charge in [0, 0.05) is 6.54 Å². The SMILES string of the molecule is COC(=O)CC1(n2cn[nH]c2=O)CC[C@@](CO[C@H](C)c2cc(C(F)(F)F)cc(C(F)(F)F)c2)(c2ccccc2)NC1. The number of rotatable bonds is 8. The van der Waals surface area contributed by atoms with E-state index in [-0.39, 0.29) is 44.0 Å². The van der Waals surface area contributed by atoms with Gasteiger partial charge in [0.2, 0.25) is 0 Å². The van der Waals surface area contributed by atoms with Gasteiger partial charge >= 0.3 is 24.0 Å². The highest BCUT2D eigenvalue weighted by Crippen LogP contribution is 2.41. The molecule has 3 atom stereocenters. The third-order valence-electron chi connectivity index (χ3n) is 7.52. The van der Waals surface area contributed by atoms with Gasteiger partial charge < -0.3 is 14.8 Å². The number of esters is 1. The molecule has 41 heavy (non-hydrogen) atoms. The molecular formula is C27H28F6N4O4. The van der Waals surface area contributed by atoms with Crippen LogP contribution < -0.4 is 11.0 Å². The summed E-state index contributed by atoms with van der Waals surface area (Å²) in [6, 6.07) is 10.3. The van der Waals surface area contributed by atoms with Crippen LogP contribution in [0.3, 0.4) is 0 Å². The summed E-state index contributed by atoms with van der Waals surface area (Å²) in [5, 5.41) is 9.46. The zero-order chi connectivity index (χ0) is 30.1. The molecular weight excluding hydrogens is 558 g/mol. The van der Waals surface area contributed by atoms with E-state index < -0.39 is 52.3 Å². The highest BCUT2D eigenvalue weighted by atomic mass is 19.4. The van der Waals surface area contributed by atoms with Gasteiger partial charge in [-0.15, -0.1) is 0 Å². The summed E-state index contributed by atoms with van der Waals surface area (Å²) in [6.45, 7) is 1.32. The van der Waals surface area contributed by atoms with Gasteiger partial charge in [-0.05, 0) is 49.1 Å². The van der Waals surface area contributed by atoms with Crippen molar-refractivity contribution in [1.29, 1.82) is 0 Å². The summed E-state index contributed by atoms with van der Waals surface area (Å²) < 4.78 is 92.6. The second-order valence-electron chi connectivity index (χ2n) is 10.1. The lowest BCUT2D eigenvalue weighted by molar-refractivity contribution is -0.144. The Hall–Kier alpha value is -3.65. The lowest BCUT2D eigenvalue weighted by atomic mass is 9.75. The van der Waals surface area contributed by atoms with Crippen LogP contribution in [0.25, 0.3) is 0 Å². The minimum absolute atomic E-state index is 0.0725. The number of halogens is 6. The first kappa shape index (κ1) is 30.3. The molecule has 2 N–H and O–H groups in total. The first-order chi connectivity index (χ1) is 19.2. The smallest absolute Gasteiger partial charge is 0.416 e. The van der Waals surface area contributed by atoms with Gasteiger partial charge in [0.05, 0.1) is 48.4 Å². The zero-order valence-electron chi connectivity index (χ0n) is 22.1. The first-order valence-electron chi connectivity index (χ1n) is 12.6. The summed E-state index contributed by atoms with van der Waals surface area (Å²) in [5.74, 6) is -0.554. The second kappa shape index (κ2) is 11.3. The van der Waals surface area contributed by atoms with Gasteiger partial charge in [0.15, 0.2) is 0 Å². The Bertz CT molecular complexity index is 1380. The van der Waals surface area contributed by atoms with Crippen LogP contribution in [0, 0.1) is 0 Å². The molecule has 2 aromatic carbocycles. The van der Waals surface area contributed by atoms with Crippen molar-refractivity contribution in [1.82, 2.24) is 20.1 Å². The third kappa shape index (κ3) is 6.48. The van der Waals surface area contributed by atoms with Gasteiger partial charge in [-0.2, -0.15) is 31.4 Å². The summed E-state index contributed by atoms with van der Waals surface area (Å²) >= 11 is 0. The molecule has 0 aliphatic carbocycles. The van der Waals surface area contributed by atoms with Crippen LogP contribution in [0.2, 0.25) is 0 Å². The maximum absolute atomic E-state index is 13.4. The van der Waals surface area contributed by atoms with Gasteiger partial charge in [0.25, 0.3) is 0 Å². The van der Waals surface area contributed by atoms with Crippen LogP contribution in [0.15, 0.2) is 59.7 Å². The van der Waals surface area contributed by atoms with Crippen molar-refractivity contribution < 1.29 is 40.6 Å². The molecule has 14 heteroatoms. The lowest BCUT2D eigenvalue weighted by Gasteiger charge is -2.47. The van der Waals surface area contributed by atoms with Gasteiger partial charge in [-0.25, -0.2) is 9.89 Å². The number of ether oxygens (including phenoxy) is 2. The minimum atomic E-state index is -4.99. The molecule has 222 valence electrons. The fraction of sp³-hybridized carbons (Fsp3) is 0.444. The third-order valence-corrected chi connectivity index (χ3v) is 7.52. The van der Waals surface area contributed by atoms with Crippen LogP contribution in [0.4, 0.5) is 26.3 Å². The highest BCUT2D eigenvalue weighted by Gasteiger charge is 2.47. The Kier molecular flexibility index (Phi) is 8.37. The largest absolute Gasteiger partial charge is 0.469 e. The van der Waals surface area contributed by atoms with E-state index in [4.69, 9.17) is 9.47 Å². The van der Waals surface area contributed by atoms with Crippen LogP contribution in [-0.4, -0.2) is 41.0 Å². The zero-order valence-corrected chi connectivity index (χ0v) is 22.1. The molecule has 1 aliphatic rings. The van der Waals surface area contributed by atoms with Crippen molar-refractivity contribution in [3.63, 3.8) is 0 Å². The number of nitrogens with one attached hydrogen (secondary N) is 2. The Morgan fingerprint density at radius 2 is 1.68 bits per heavy atom. The number of carbonyl (C=O) groups excluding carboxylic acids is 1. The van der Waals surface area contributed by atoms with Crippen molar-refractivity contribution in [3.8, 4) is 0 Å². The van der Waals surface area contributed by atoms with Gasteiger partial charge in [0.1, 0.15) is 6.33 Å². The molecule has 1 unspecified atom stereocenters. The fourth-order valence-corrected chi connectivity index (χ4v) is 5.11. The number of piperidine rings is 1. The Labute approximate surface area is 230 Å². The average Bonchev–Trinajstić information content (AvgIpc) is 3.38. The Morgan fingerprint density at radius 1 is 1.05 bits per heavy atom. The molecule has 1 aliphatic heterocycles. The van der Waals surface area contributed by atoms with E-state index in [0.717, 1.165) is 5.56 Å². The molecule has 8 nitrogen and oxygen atoms in total. The Morgan fingerprint density at radius 3 is 2.17 bits per heavy atom. The molecule has 0 saturated carbocycles.